The Kier molecular flexibility index (Phi) is 4.49. The van der Waals surface area contributed by atoms with Crippen LogP contribution in [0.2, 0.25) is 0 Å². The molecule has 0 atom stereocenters. The minimum absolute atomic E-state index is 0.126. The highest BCUT2D eigenvalue weighted by molar-refractivity contribution is 7.98. The molecule has 0 aliphatic rings. The summed E-state index contributed by atoms with van der Waals surface area (Å²) in [6, 6.07) is 8.19. The normalized spacial score (nSPS) is 9.86. The van der Waals surface area contributed by atoms with Crippen LogP contribution in [-0.4, -0.2) is 12.2 Å². The van der Waals surface area contributed by atoms with Crippen molar-refractivity contribution in [2.24, 2.45) is 5.84 Å². The van der Waals surface area contributed by atoms with Gasteiger partial charge in [0.2, 0.25) is 5.91 Å². The van der Waals surface area contributed by atoms with Gasteiger partial charge in [0.15, 0.2) is 0 Å². The molecule has 0 aromatic heterocycles. The Bertz CT molecular complexity index is 297. The third-order valence-electron chi connectivity index (χ3n) is 1.96. The summed E-state index contributed by atoms with van der Waals surface area (Å²) in [7, 11) is 0. The van der Waals surface area contributed by atoms with Crippen LogP contribution in [0.25, 0.3) is 0 Å². The summed E-state index contributed by atoms with van der Waals surface area (Å²) in [4.78, 5) is 12.1. The van der Waals surface area contributed by atoms with Crippen molar-refractivity contribution in [2.45, 2.75) is 17.7 Å². The van der Waals surface area contributed by atoms with Crippen LogP contribution in [0, 0.1) is 0 Å². The Labute approximate surface area is 88.0 Å². The second-order valence-electron chi connectivity index (χ2n) is 2.92. The molecule has 1 aromatic rings. The van der Waals surface area contributed by atoms with Gasteiger partial charge >= 0.3 is 0 Å². The molecule has 1 amide bonds. The fourth-order valence-electron chi connectivity index (χ4n) is 1.12. The van der Waals surface area contributed by atoms with Gasteiger partial charge in [-0.15, -0.1) is 11.8 Å². The molecule has 0 heterocycles. The first-order chi connectivity index (χ1) is 6.76. The van der Waals surface area contributed by atoms with Crippen molar-refractivity contribution in [3.05, 3.63) is 29.8 Å². The molecule has 0 radical (unpaired) electrons. The molecule has 14 heavy (non-hydrogen) atoms. The molecule has 0 spiro atoms. The first-order valence-corrected chi connectivity index (χ1v) is 5.61. The Morgan fingerprint density at radius 3 is 2.57 bits per heavy atom. The van der Waals surface area contributed by atoms with Crippen molar-refractivity contribution < 1.29 is 4.79 Å². The molecule has 0 unspecified atom stereocenters. The first-order valence-electron chi connectivity index (χ1n) is 4.38. The summed E-state index contributed by atoms with van der Waals surface area (Å²) in [6.45, 7) is 0. The Morgan fingerprint density at radius 1 is 1.43 bits per heavy atom. The smallest absolute Gasteiger partial charge is 0.234 e. The molecular formula is C10H14N2OS. The third kappa shape index (κ3) is 3.40. The van der Waals surface area contributed by atoms with Crippen LogP contribution in [0.4, 0.5) is 0 Å². The van der Waals surface area contributed by atoms with Gasteiger partial charge in [-0.25, -0.2) is 5.84 Å². The highest BCUT2D eigenvalue weighted by Crippen LogP contribution is 2.15. The maximum atomic E-state index is 10.9. The molecule has 3 N–H and O–H groups in total. The van der Waals surface area contributed by atoms with E-state index in [0.29, 0.717) is 6.42 Å². The van der Waals surface area contributed by atoms with Crippen LogP contribution in [0.1, 0.15) is 12.0 Å². The summed E-state index contributed by atoms with van der Waals surface area (Å²) >= 11 is 1.71. The number of hydrogen-bond donors (Lipinski definition) is 2. The minimum atomic E-state index is -0.126. The zero-order chi connectivity index (χ0) is 10.4. The van der Waals surface area contributed by atoms with Gasteiger partial charge in [-0.1, -0.05) is 12.1 Å². The van der Waals surface area contributed by atoms with E-state index in [-0.39, 0.29) is 5.91 Å². The van der Waals surface area contributed by atoms with Gasteiger partial charge in [-0.3, -0.25) is 10.2 Å². The highest BCUT2D eigenvalue weighted by Gasteiger charge is 1.99. The molecule has 4 heteroatoms. The van der Waals surface area contributed by atoms with E-state index in [2.05, 4.69) is 17.6 Å². The van der Waals surface area contributed by atoms with Gasteiger partial charge in [-0.2, -0.15) is 0 Å². The van der Waals surface area contributed by atoms with E-state index < -0.39 is 0 Å². The number of hydrogen-bond acceptors (Lipinski definition) is 3. The van der Waals surface area contributed by atoms with Gasteiger partial charge < -0.3 is 0 Å². The van der Waals surface area contributed by atoms with Crippen molar-refractivity contribution in [1.29, 1.82) is 0 Å². The third-order valence-corrected chi connectivity index (χ3v) is 2.70. The van der Waals surface area contributed by atoms with Crippen LogP contribution in [0.15, 0.2) is 29.2 Å². The Hall–Kier alpha value is -1.00. The van der Waals surface area contributed by atoms with Crippen molar-refractivity contribution in [3.63, 3.8) is 0 Å². The molecule has 1 rings (SSSR count). The predicted octanol–water partition coefficient (Wildman–Crippen LogP) is 1.33. The van der Waals surface area contributed by atoms with Gasteiger partial charge in [0.25, 0.3) is 0 Å². The Balaban J connectivity index is 2.47. The van der Waals surface area contributed by atoms with Crippen LogP contribution < -0.4 is 11.3 Å². The number of rotatable bonds is 4. The van der Waals surface area contributed by atoms with E-state index in [0.717, 1.165) is 12.0 Å². The lowest BCUT2D eigenvalue weighted by molar-refractivity contribution is -0.121. The van der Waals surface area contributed by atoms with Crippen LogP contribution in [0.3, 0.4) is 0 Å². The average Bonchev–Trinajstić information content (AvgIpc) is 2.26. The predicted molar refractivity (Wildman–Crippen MR) is 58.9 cm³/mol. The SMILES string of the molecule is CSc1ccc(CCC(=O)NN)cc1. The second kappa shape index (κ2) is 5.67. The average molecular weight is 210 g/mol. The van der Waals surface area contributed by atoms with Crippen LogP contribution >= 0.6 is 11.8 Å². The molecular weight excluding hydrogens is 196 g/mol. The number of carbonyl (C=O) groups is 1. The van der Waals surface area contributed by atoms with Gasteiger partial charge in [-0.05, 0) is 30.4 Å². The summed E-state index contributed by atoms with van der Waals surface area (Å²) in [6.07, 6.45) is 3.21. The maximum absolute atomic E-state index is 10.9. The van der Waals surface area contributed by atoms with Gasteiger partial charge in [0.05, 0.1) is 0 Å². The summed E-state index contributed by atoms with van der Waals surface area (Å²) < 4.78 is 0. The molecule has 0 saturated heterocycles. The minimum Gasteiger partial charge on any atom is -0.294 e. The Morgan fingerprint density at radius 2 is 2.07 bits per heavy atom. The molecule has 0 saturated carbocycles. The van der Waals surface area contributed by atoms with E-state index in [1.807, 2.05) is 18.4 Å². The number of carbonyl (C=O) groups excluding carboxylic acids is 1. The standard InChI is InChI=1S/C10H14N2OS/c1-14-9-5-2-8(3-6-9)4-7-10(13)12-11/h2-3,5-6H,4,7,11H2,1H3,(H,12,13). The lowest BCUT2D eigenvalue weighted by Crippen LogP contribution is -2.30. The zero-order valence-electron chi connectivity index (χ0n) is 8.12. The van der Waals surface area contributed by atoms with Crippen molar-refractivity contribution in [2.75, 3.05) is 6.26 Å². The van der Waals surface area contributed by atoms with E-state index >= 15 is 0 Å². The van der Waals surface area contributed by atoms with Crippen molar-refractivity contribution in [1.82, 2.24) is 5.43 Å². The molecule has 0 aliphatic heterocycles. The number of nitrogens with two attached hydrogens (primary N) is 1. The van der Waals surface area contributed by atoms with Crippen LogP contribution in [0.5, 0.6) is 0 Å². The van der Waals surface area contributed by atoms with Crippen LogP contribution in [-0.2, 0) is 11.2 Å². The number of hydrazine groups is 1. The summed E-state index contributed by atoms with van der Waals surface area (Å²) in [5, 5.41) is 0. The molecule has 0 bridgehead atoms. The van der Waals surface area contributed by atoms with E-state index in [1.165, 1.54) is 4.90 Å². The molecule has 3 nitrogen and oxygen atoms in total. The number of nitrogens with one attached hydrogen (secondary N) is 1. The second-order valence-corrected chi connectivity index (χ2v) is 3.80. The molecule has 0 aliphatic carbocycles. The lowest BCUT2D eigenvalue weighted by atomic mass is 10.1. The van der Waals surface area contributed by atoms with Crippen molar-refractivity contribution in [3.8, 4) is 0 Å². The number of amides is 1. The number of thioether (sulfide) groups is 1. The van der Waals surface area contributed by atoms with Crippen molar-refractivity contribution >= 4 is 17.7 Å². The van der Waals surface area contributed by atoms with E-state index in [4.69, 9.17) is 5.84 Å². The lowest BCUT2D eigenvalue weighted by Gasteiger charge is -2.01. The first kappa shape index (κ1) is 11.1. The summed E-state index contributed by atoms with van der Waals surface area (Å²) in [5.74, 6) is 4.85. The number of benzene rings is 1. The zero-order valence-corrected chi connectivity index (χ0v) is 8.93. The molecule has 1 aromatic carbocycles. The van der Waals surface area contributed by atoms with Gasteiger partial charge in [0, 0.05) is 11.3 Å². The monoisotopic (exact) mass is 210 g/mol. The summed E-state index contributed by atoms with van der Waals surface area (Å²) in [5.41, 5.74) is 3.27. The highest BCUT2D eigenvalue weighted by atomic mass is 32.2. The fourth-order valence-corrected chi connectivity index (χ4v) is 1.53. The largest absolute Gasteiger partial charge is 0.294 e. The molecule has 76 valence electrons. The van der Waals surface area contributed by atoms with E-state index in [9.17, 15) is 4.79 Å². The number of aryl methyl sites for hydroxylation is 1. The molecule has 0 fully saturated rings. The quantitative estimate of drug-likeness (QED) is 0.341. The topological polar surface area (TPSA) is 55.1 Å². The fraction of sp³-hybridized carbons (Fsp3) is 0.300. The van der Waals surface area contributed by atoms with Gasteiger partial charge in [0.1, 0.15) is 0 Å². The van der Waals surface area contributed by atoms with E-state index in [1.54, 1.807) is 11.8 Å². The maximum Gasteiger partial charge on any atom is 0.234 e.